The molecule has 24 nitrogen and oxygen atoms in total. The third kappa shape index (κ3) is 21.2. The number of cyclic esters (lactones) is 1. The molecule has 0 aromatic heterocycles. The van der Waals surface area contributed by atoms with E-state index in [1.165, 1.54) is 6.92 Å². The van der Waals surface area contributed by atoms with Crippen molar-refractivity contribution in [2.75, 3.05) is 45.9 Å². The summed E-state index contributed by atoms with van der Waals surface area (Å²) >= 11 is 0. The zero-order valence-electron chi connectivity index (χ0n) is 48.6. The molecule has 1 amide bonds. The second-order valence-electron chi connectivity index (χ2n) is 23.3. The average Bonchev–Trinajstić information content (AvgIpc) is 3.06. The number of rotatable bonds is 7. The number of nitrogens with one attached hydrogen (secondary N) is 1. The van der Waals surface area contributed by atoms with Crippen molar-refractivity contribution in [3.63, 3.8) is 0 Å². The molecule has 2 bridgehead atoms. The molecule has 4 fully saturated rings. The van der Waals surface area contributed by atoms with Gasteiger partial charge in [-0.3, -0.25) is 9.59 Å². The van der Waals surface area contributed by atoms with Crippen molar-refractivity contribution in [3.8, 4) is 0 Å². The van der Waals surface area contributed by atoms with Crippen molar-refractivity contribution in [2.45, 2.75) is 220 Å². The quantitative estimate of drug-likeness (QED) is 0.128. The van der Waals surface area contributed by atoms with Crippen LogP contribution in [0.3, 0.4) is 0 Å². The van der Waals surface area contributed by atoms with E-state index in [0.29, 0.717) is 32.6 Å². The van der Waals surface area contributed by atoms with Crippen LogP contribution in [0.2, 0.25) is 0 Å². The standard InChI is InChI=1S/C59H97N3O21/c1-6-61-23-25-62(26-24-61)56(76)49-45(68)32-58(77)31-41(65)28-44(67)43(66)22-21-39(63)27-40(64)29-48(70)80-37(4)36(3)51(71)35(2)19-17-15-13-11-9-7-8-10-12-14-16-18-20-42(30-47(49)83-58)82-57-54(74)50(52(72)38(5)81-57)60-34-59(78)55(75)53(73)46(69)33-79-59/h7-17,19,35-47,49-55,57,60,63-69,71-75,77-78H,6,18,20-34H2,1-5H3/b8-7+,11-9+,12-10+,15-13+,16-14+,19-17+/t35-,36-,37-,38+,39+,40+,41-,42-,43+,44+,45-,46+,47?,49?,50-,51+,52+,53+,54-,55-,57-,58+,59+/m0/s1. The number of allylic oxidation sites excluding steroid dienone is 11. The fraction of sp³-hybridized carbons (Fsp3) is 0.763. The van der Waals surface area contributed by atoms with Crippen molar-refractivity contribution in [2.24, 2.45) is 17.8 Å². The Bertz CT molecular complexity index is 2140. The van der Waals surface area contributed by atoms with Crippen molar-refractivity contribution < 1.29 is 105 Å². The molecule has 0 radical (unpaired) electrons. The van der Waals surface area contributed by atoms with Crippen molar-refractivity contribution in [1.82, 2.24) is 15.1 Å². The second-order valence-corrected chi connectivity index (χ2v) is 23.3. The predicted molar refractivity (Wildman–Crippen MR) is 301 cm³/mol. The van der Waals surface area contributed by atoms with Crippen LogP contribution >= 0.6 is 0 Å². The highest BCUT2D eigenvalue weighted by Crippen LogP contribution is 2.40. The Kier molecular flexibility index (Phi) is 28.5. The number of esters is 1. The smallest absolute Gasteiger partial charge is 0.308 e. The lowest BCUT2D eigenvalue weighted by molar-refractivity contribution is -0.324. The molecule has 5 aliphatic rings. The summed E-state index contributed by atoms with van der Waals surface area (Å²) in [6.45, 7) is 10.1. The highest BCUT2D eigenvalue weighted by molar-refractivity contribution is 5.80. The van der Waals surface area contributed by atoms with Gasteiger partial charge in [0.25, 0.3) is 0 Å². The fourth-order valence-electron chi connectivity index (χ4n) is 11.2. The molecule has 0 aromatic carbocycles. The Morgan fingerprint density at radius 3 is 1.96 bits per heavy atom. The van der Waals surface area contributed by atoms with Gasteiger partial charge in [-0.25, -0.2) is 0 Å². The number of carbonyl (C=O) groups excluding carboxylic acids is 2. The van der Waals surface area contributed by atoms with E-state index in [0.717, 1.165) is 6.54 Å². The second kappa shape index (κ2) is 33.6. The van der Waals surface area contributed by atoms with Crippen LogP contribution in [-0.4, -0.2) is 261 Å². The zero-order valence-corrected chi connectivity index (χ0v) is 48.6. The minimum atomic E-state index is -2.45. The van der Waals surface area contributed by atoms with Crippen LogP contribution in [0.4, 0.5) is 0 Å². The number of carbonyl (C=O) groups is 2. The van der Waals surface area contributed by atoms with Crippen LogP contribution in [-0.2, 0) is 33.3 Å². The van der Waals surface area contributed by atoms with Gasteiger partial charge < -0.3 is 110 Å². The van der Waals surface area contributed by atoms with Crippen LogP contribution in [0.5, 0.6) is 0 Å². The van der Waals surface area contributed by atoms with E-state index < -0.39 is 184 Å². The van der Waals surface area contributed by atoms with Crippen LogP contribution < -0.4 is 5.32 Å². The number of nitrogens with zero attached hydrogens (tertiary/aromatic N) is 2. The van der Waals surface area contributed by atoms with Gasteiger partial charge in [-0.15, -0.1) is 0 Å². The monoisotopic (exact) mass is 1180 g/mol. The highest BCUT2D eigenvalue weighted by Gasteiger charge is 2.53. The van der Waals surface area contributed by atoms with E-state index in [2.05, 4.69) is 10.2 Å². The van der Waals surface area contributed by atoms with E-state index in [1.807, 2.05) is 56.4 Å². The Morgan fingerprint density at radius 2 is 1.31 bits per heavy atom. The molecule has 0 aliphatic carbocycles. The number of ether oxygens (including phenoxy) is 5. The summed E-state index contributed by atoms with van der Waals surface area (Å²) in [5, 5.41) is 158. The summed E-state index contributed by atoms with van der Waals surface area (Å²) in [6.07, 6.45) is -4.22. The van der Waals surface area contributed by atoms with Gasteiger partial charge in [-0.05, 0) is 52.5 Å². The molecule has 2 unspecified atom stereocenters. The molecule has 4 saturated heterocycles. The normalized spacial score (nSPS) is 45.0. The highest BCUT2D eigenvalue weighted by atomic mass is 16.7. The van der Waals surface area contributed by atoms with Gasteiger partial charge in [0, 0.05) is 63.7 Å². The van der Waals surface area contributed by atoms with Crippen molar-refractivity contribution in [3.05, 3.63) is 72.9 Å². The molecule has 23 atom stereocenters. The molecule has 83 heavy (non-hydrogen) atoms. The first kappa shape index (κ1) is 70.3. The first-order chi connectivity index (χ1) is 39.3. The Hall–Kier alpha value is -3.42. The van der Waals surface area contributed by atoms with Crippen molar-refractivity contribution in [1.29, 1.82) is 0 Å². The minimum Gasteiger partial charge on any atom is -0.462 e. The molecule has 15 N–H and O–H groups in total. The first-order valence-electron chi connectivity index (χ1n) is 29.4. The Balaban J connectivity index is 1.42. The summed E-state index contributed by atoms with van der Waals surface area (Å²) in [7, 11) is 0. The third-order valence-electron chi connectivity index (χ3n) is 16.7. The largest absolute Gasteiger partial charge is 0.462 e. The first-order valence-corrected chi connectivity index (χ1v) is 29.4. The van der Waals surface area contributed by atoms with Gasteiger partial charge in [-0.2, -0.15) is 0 Å². The predicted octanol–water partition coefficient (Wildman–Crippen LogP) is -1.55. The maximum absolute atomic E-state index is 14.6. The Morgan fingerprint density at radius 1 is 0.675 bits per heavy atom. The summed E-state index contributed by atoms with van der Waals surface area (Å²) < 4.78 is 29.8. The maximum atomic E-state index is 14.6. The lowest BCUT2D eigenvalue weighted by Gasteiger charge is -2.48. The topological polar surface area (TPSA) is 382 Å². The van der Waals surface area contributed by atoms with Crippen molar-refractivity contribution >= 4 is 11.9 Å². The molecule has 0 aromatic rings. The van der Waals surface area contributed by atoms with E-state index in [-0.39, 0.29) is 38.0 Å². The number of hydrogen-bond acceptors (Lipinski definition) is 23. The number of fused-ring (bicyclic) bond motifs is 2. The number of likely N-dealkylation sites (N-methyl/N-ethyl adjacent to an activating group) is 1. The molecule has 24 heteroatoms. The van der Waals surface area contributed by atoms with Gasteiger partial charge in [0.1, 0.15) is 30.5 Å². The summed E-state index contributed by atoms with van der Waals surface area (Å²) in [6, 6.07) is -1.31. The molecule has 5 rings (SSSR count). The van der Waals surface area contributed by atoms with E-state index >= 15 is 0 Å². The Labute approximate surface area is 487 Å². The van der Waals surface area contributed by atoms with Gasteiger partial charge in [0.2, 0.25) is 11.7 Å². The van der Waals surface area contributed by atoms with Crippen LogP contribution in [0.25, 0.3) is 0 Å². The molecule has 5 aliphatic heterocycles. The number of aliphatic hydroxyl groups excluding tert-OH is 12. The number of aliphatic hydroxyl groups is 14. The molecule has 0 spiro atoms. The van der Waals surface area contributed by atoms with Crippen LogP contribution in [0, 0.1) is 17.8 Å². The lowest BCUT2D eigenvalue weighted by atomic mass is 9.81. The summed E-state index contributed by atoms with van der Waals surface area (Å²) in [5.74, 6) is -8.01. The van der Waals surface area contributed by atoms with E-state index in [4.69, 9.17) is 23.7 Å². The van der Waals surface area contributed by atoms with Gasteiger partial charge in [-0.1, -0.05) is 93.7 Å². The van der Waals surface area contributed by atoms with E-state index in [1.54, 1.807) is 49.1 Å². The maximum Gasteiger partial charge on any atom is 0.308 e. The molecular weight excluding hydrogens is 1090 g/mol. The number of amides is 1. The van der Waals surface area contributed by atoms with E-state index in [9.17, 15) is 81.1 Å². The lowest BCUT2D eigenvalue weighted by Crippen LogP contribution is -2.69. The summed E-state index contributed by atoms with van der Waals surface area (Å²) in [4.78, 5) is 31.2. The molecule has 5 heterocycles. The third-order valence-corrected chi connectivity index (χ3v) is 16.7. The summed E-state index contributed by atoms with van der Waals surface area (Å²) in [5.41, 5.74) is 0. The minimum absolute atomic E-state index is 0.119. The molecule has 0 saturated carbocycles. The number of piperazine rings is 1. The zero-order chi connectivity index (χ0) is 61.2. The molecular formula is C59H97N3O21. The van der Waals surface area contributed by atoms with Crippen LogP contribution in [0.15, 0.2) is 72.9 Å². The van der Waals surface area contributed by atoms with Crippen LogP contribution in [0.1, 0.15) is 98.8 Å². The van der Waals surface area contributed by atoms with Gasteiger partial charge in [0.15, 0.2) is 12.1 Å². The molecule has 474 valence electrons. The van der Waals surface area contributed by atoms with Gasteiger partial charge in [0.05, 0.1) is 98.7 Å². The van der Waals surface area contributed by atoms with Gasteiger partial charge >= 0.3 is 5.97 Å². The average molecular weight is 1180 g/mol. The SMILES string of the molecule is CCN1CCN(C(=O)C2C3C[C@@H](O[C@@H]4O[C@H](C)[C@@H](O)[C@H](NC[C@@]5(O)OC[C@@H](O)[C@@H](O)[C@@H]5O)[C@@H]4O)CC/C=C/C=C/C=C/C=C/C=C/C=C/[C@H](C)[C@@H](O)[C@@H](C)[C@H](C)OC(=O)C[C@H](O)C[C@H](O)CC[C@@H](O)[C@H](O)C[C@H](O)C[C@](O)(C[C@@H]2O)O3)CC1. The number of hydrogen-bond donors (Lipinski definition) is 15. The fourth-order valence-corrected chi connectivity index (χ4v) is 11.2.